The van der Waals surface area contributed by atoms with Gasteiger partial charge in [-0.25, -0.2) is 0 Å². The van der Waals surface area contributed by atoms with Crippen molar-refractivity contribution in [2.24, 2.45) is 11.8 Å². The number of esters is 1. The fourth-order valence-corrected chi connectivity index (χ4v) is 6.48. The molecule has 2 aromatic rings. The van der Waals surface area contributed by atoms with Crippen molar-refractivity contribution in [2.75, 3.05) is 53.8 Å². The molecule has 2 saturated heterocycles. The zero-order valence-corrected chi connectivity index (χ0v) is 22.6. The van der Waals surface area contributed by atoms with E-state index in [9.17, 15) is 9.90 Å². The number of nitrogens with zero attached hydrogens (tertiary/aromatic N) is 1. The molecular formula is C28H35ClN2O7. The molecule has 9 nitrogen and oxygen atoms in total. The van der Waals surface area contributed by atoms with Crippen LogP contribution in [-0.2, 0) is 9.53 Å². The second-order valence-electron chi connectivity index (χ2n) is 10.2. The number of aromatic hydroxyl groups is 1. The second-order valence-corrected chi connectivity index (χ2v) is 10.2. The summed E-state index contributed by atoms with van der Waals surface area (Å²) < 4.78 is 28.1. The van der Waals surface area contributed by atoms with Gasteiger partial charge in [-0.3, -0.25) is 4.79 Å². The zero-order chi connectivity index (χ0) is 25.5. The Hall–Kier alpha value is -2.88. The van der Waals surface area contributed by atoms with Crippen LogP contribution < -0.4 is 24.3 Å². The minimum Gasteiger partial charge on any atom is -0.502 e. The van der Waals surface area contributed by atoms with Gasteiger partial charge in [-0.2, -0.15) is 0 Å². The van der Waals surface area contributed by atoms with E-state index in [4.69, 9.17) is 23.7 Å². The molecule has 6 rings (SSSR count). The van der Waals surface area contributed by atoms with Crippen molar-refractivity contribution in [3.8, 4) is 28.7 Å². The molecule has 0 radical (unpaired) electrons. The van der Waals surface area contributed by atoms with Gasteiger partial charge in [0.1, 0.15) is 0 Å². The van der Waals surface area contributed by atoms with Crippen molar-refractivity contribution < 1.29 is 33.6 Å². The van der Waals surface area contributed by atoms with Gasteiger partial charge in [0.2, 0.25) is 12.5 Å². The maximum Gasteiger partial charge on any atom is 0.310 e. The molecule has 3 heterocycles. The first-order chi connectivity index (χ1) is 18.1. The predicted molar refractivity (Wildman–Crippen MR) is 142 cm³/mol. The molecule has 2 N–H and O–H groups in total. The van der Waals surface area contributed by atoms with Crippen molar-refractivity contribution in [3.63, 3.8) is 0 Å². The van der Waals surface area contributed by atoms with E-state index in [0.717, 1.165) is 42.9 Å². The number of nitrogens with one attached hydrogen (secondary N) is 1. The number of phenolic OH excluding ortho intramolecular Hbond substituents is 1. The summed E-state index contributed by atoms with van der Waals surface area (Å²) >= 11 is 0. The number of cyclic esters (lactones) is 1. The summed E-state index contributed by atoms with van der Waals surface area (Å²) in [6.07, 6.45) is 3.82. The highest BCUT2D eigenvalue weighted by atomic mass is 35.5. The number of halogens is 1. The Kier molecular flexibility index (Phi) is 7.79. The smallest absolute Gasteiger partial charge is 0.310 e. The second kappa shape index (κ2) is 11.1. The number of likely N-dealkylation sites (tertiary alicyclic amines) is 1. The summed E-state index contributed by atoms with van der Waals surface area (Å²) in [4.78, 5) is 15.8. The number of fused-ring (bicyclic) bond motifs is 3. The van der Waals surface area contributed by atoms with E-state index in [1.807, 2.05) is 6.07 Å². The quantitative estimate of drug-likeness (QED) is 0.504. The van der Waals surface area contributed by atoms with Gasteiger partial charge in [-0.1, -0.05) is 6.42 Å². The molecule has 206 valence electrons. The van der Waals surface area contributed by atoms with Gasteiger partial charge >= 0.3 is 5.97 Å². The normalized spacial score (nSPS) is 25.7. The number of benzene rings is 2. The number of rotatable bonds is 7. The Morgan fingerprint density at radius 2 is 1.63 bits per heavy atom. The Bertz CT molecular complexity index is 1160. The summed E-state index contributed by atoms with van der Waals surface area (Å²) in [6.45, 7) is 4.59. The first-order valence-electron chi connectivity index (χ1n) is 13.1. The number of carbonyl (C=O) groups excluding carboxylic acids is 1. The van der Waals surface area contributed by atoms with Gasteiger partial charge < -0.3 is 39.0 Å². The van der Waals surface area contributed by atoms with Crippen LogP contribution in [0.4, 0.5) is 0 Å². The molecule has 38 heavy (non-hydrogen) atoms. The summed E-state index contributed by atoms with van der Waals surface area (Å²) in [5, 5.41) is 14.3. The number of ether oxygens (including phenoxy) is 5. The summed E-state index contributed by atoms with van der Waals surface area (Å²) in [5.41, 5.74) is 2.88. The van der Waals surface area contributed by atoms with E-state index in [-0.39, 0.29) is 48.8 Å². The standard InChI is InChI=1S/C28H34N2O7.ClH/c1-33-22-10-16(11-23(34-2)27(22)31)24-17-12-20-21(37-15-36-20)13-18(17)26(19-14-35-28(32)25(19)24)29-6-9-30-7-4-3-5-8-30;/h10-13,19,24-26,29,31H,3-9,14-15H2,1-2H3;1H/t19?,24?,25-,26+;/m0./s1. The molecule has 3 aliphatic heterocycles. The number of methoxy groups -OCH3 is 2. The van der Waals surface area contributed by atoms with Crippen LogP contribution in [0.3, 0.4) is 0 Å². The largest absolute Gasteiger partial charge is 0.502 e. The Balaban J connectivity index is 0.00000294. The maximum atomic E-state index is 13.3. The molecule has 0 amide bonds. The van der Waals surface area contributed by atoms with Gasteiger partial charge in [-0.05, 0) is 66.9 Å². The topological polar surface area (TPSA) is 98.7 Å². The molecule has 4 atom stereocenters. The number of piperidine rings is 1. The first-order valence-corrected chi connectivity index (χ1v) is 13.1. The molecule has 4 aliphatic rings. The van der Waals surface area contributed by atoms with Gasteiger partial charge in [0.25, 0.3) is 0 Å². The highest BCUT2D eigenvalue weighted by molar-refractivity contribution is 5.85. The SMILES string of the molecule is COc1cc(C2c3cc4c(cc3[C@@H](NCCN3CCCCC3)C3COC(=O)[C@H]23)OCO4)cc(OC)c1O.Cl. The molecule has 0 spiro atoms. The van der Waals surface area contributed by atoms with Crippen LogP contribution in [0.2, 0.25) is 0 Å². The van der Waals surface area contributed by atoms with Gasteiger partial charge in [0.05, 0.1) is 26.7 Å². The van der Waals surface area contributed by atoms with Crippen molar-refractivity contribution in [3.05, 3.63) is 41.0 Å². The molecule has 2 aromatic carbocycles. The Morgan fingerprint density at radius 3 is 2.29 bits per heavy atom. The fourth-order valence-electron chi connectivity index (χ4n) is 6.48. The van der Waals surface area contributed by atoms with Crippen molar-refractivity contribution >= 4 is 18.4 Å². The van der Waals surface area contributed by atoms with Crippen LogP contribution in [0.25, 0.3) is 0 Å². The van der Waals surface area contributed by atoms with E-state index < -0.39 is 5.92 Å². The van der Waals surface area contributed by atoms with E-state index in [2.05, 4.69) is 16.3 Å². The Labute approximate surface area is 228 Å². The molecule has 0 saturated carbocycles. The number of carbonyl (C=O) groups is 1. The van der Waals surface area contributed by atoms with Crippen LogP contribution in [-0.4, -0.2) is 69.8 Å². The third-order valence-electron chi connectivity index (χ3n) is 8.29. The first kappa shape index (κ1) is 26.7. The lowest BCUT2D eigenvalue weighted by Crippen LogP contribution is -2.43. The van der Waals surface area contributed by atoms with E-state index in [1.165, 1.54) is 33.5 Å². The summed E-state index contributed by atoms with van der Waals surface area (Å²) in [5.74, 6) is 0.890. The highest BCUT2D eigenvalue weighted by Gasteiger charge is 2.52. The average Bonchev–Trinajstić information content (AvgIpc) is 3.54. The lowest BCUT2D eigenvalue weighted by atomic mass is 9.65. The van der Waals surface area contributed by atoms with E-state index in [1.54, 1.807) is 12.1 Å². The molecule has 0 aromatic heterocycles. The van der Waals surface area contributed by atoms with Gasteiger partial charge in [0.15, 0.2) is 23.0 Å². The van der Waals surface area contributed by atoms with Crippen LogP contribution in [0.1, 0.15) is 47.9 Å². The zero-order valence-electron chi connectivity index (χ0n) is 21.7. The van der Waals surface area contributed by atoms with Crippen LogP contribution in [0, 0.1) is 11.8 Å². The average molecular weight is 547 g/mol. The number of hydrogen-bond acceptors (Lipinski definition) is 9. The van der Waals surface area contributed by atoms with Crippen LogP contribution >= 0.6 is 12.4 Å². The third-order valence-corrected chi connectivity index (χ3v) is 8.29. The Morgan fingerprint density at radius 1 is 0.974 bits per heavy atom. The predicted octanol–water partition coefficient (Wildman–Crippen LogP) is 3.61. The van der Waals surface area contributed by atoms with Gasteiger partial charge in [0, 0.05) is 31.0 Å². The molecular weight excluding hydrogens is 512 g/mol. The molecule has 2 unspecified atom stereocenters. The lowest BCUT2D eigenvalue weighted by Gasteiger charge is -2.40. The van der Waals surface area contributed by atoms with Crippen LogP contribution in [0.15, 0.2) is 24.3 Å². The highest BCUT2D eigenvalue weighted by Crippen LogP contribution is 2.55. The third kappa shape index (κ3) is 4.61. The maximum absolute atomic E-state index is 13.3. The molecule has 10 heteroatoms. The van der Waals surface area contributed by atoms with Gasteiger partial charge in [-0.15, -0.1) is 12.4 Å². The van der Waals surface area contributed by atoms with E-state index in [0.29, 0.717) is 29.6 Å². The van der Waals surface area contributed by atoms with Crippen molar-refractivity contribution in [1.29, 1.82) is 0 Å². The molecule has 2 fully saturated rings. The van der Waals surface area contributed by atoms with Crippen molar-refractivity contribution in [2.45, 2.75) is 31.2 Å². The van der Waals surface area contributed by atoms with E-state index >= 15 is 0 Å². The lowest BCUT2D eigenvalue weighted by molar-refractivity contribution is -0.141. The number of hydrogen-bond donors (Lipinski definition) is 2. The fraction of sp³-hybridized carbons (Fsp3) is 0.536. The minimum atomic E-state index is -0.403. The van der Waals surface area contributed by atoms with Crippen molar-refractivity contribution in [1.82, 2.24) is 10.2 Å². The monoisotopic (exact) mass is 546 g/mol. The summed E-state index contributed by atoms with van der Waals surface area (Å²) in [6, 6.07) is 7.54. The molecule has 1 aliphatic carbocycles. The summed E-state index contributed by atoms with van der Waals surface area (Å²) in [7, 11) is 3.00. The van der Waals surface area contributed by atoms with Crippen LogP contribution in [0.5, 0.6) is 28.7 Å². The number of phenols is 1. The molecule has 0 bridgehead atoms. The minimum absolute atomic E-state index is 0.